The van der Waals surface area contributed by atoms with Crippen LogP contribution in [0.1, 0.15) is 47.5 Å². The van der Waals surface area contributed by atoms with Crippen molar-refractivity contribution in [3.05, 3.63) is 0 Å². The molecule has 4 atom stereocenters. The minimum Gasteiger partial charge on any atom is -0.444 e. The summed E-state index contributed by atoms with van der Waals surface area (Å²) in [7, 11) is 1.66. The van der Waals surface area contributed by atoms with Gasteiger partial charge in [0.15, 0.2) is 0 Å². The number of rotatable bonds is 2. The summed E-state index contributed by atoms with van der Waals surface area (Å²) in [5.41, 5.74) is -0.341. The maximum absolute atomic E-state index is 12.3. The molecule has 0 radical (unpaired) electrons. The Balaban J connectivity index is 2.08. The van der Waals surface area contributed by atoms with Crippen LogP contribution in [0.2, 0.25) is 0 Å². The highest BCUT2D eigenvalue weighted by Gasteiger charge is 2.59. The summed E-state index contributed by atoms with van der Waals surface area (Å²) < 4.78 is 5.32. The van der Waals surface area contributed by atoms with E-state index in [-0.39, 0.29) is 23.3 Å². The molecular weight excluding hydrogens is 268 g/mol. The topological polar surface area (TPSA) is 67.4 Å². The number of carbonyl (C=O) groups excluding carboxylic acids is 2. The predicted molar refractivity (Wildman–Crippen MR) is 80.7 cm³/mol. The normalized spacial score (nSPS) is 33.6. The first-order valence-electron chi connectivity index (χ1n) is 7.77. The number of carbonyl (C=O) groups is 2. The summed E-state index contributed by atoms with van der Waals surface area (Å²) in [6.07, 6.45) is 1.50. The fourth-order valence-corrected chi connectivity index (χ4v) is 3.94. The van der Waals surface area contributed by atoms with E-state index in [9.17, 15) is 9.59 Å². The Labute approximate surface area is 127 Å². The van der Waals surface area contributed by atoms with E-state index in [1.165, 1.54) is 0 Å². The minimum atomic E-state index is -0.524. The summed E-state index contributed by atoms with van der Waals surface area (Å²) in [5, 5.41) is 5.67. The third-order valence-corrected chi connectivity index (χ3v) is 5.20. The van der Waals surface area contributed by atoms with Gasteiger partial charge in [-0.15, -0.1) is 0 Å². The van der Waals surface area contributed by atoms with Crippen molar-refractivity contribution in [3.8, 4) is 0 Å². The quantitative estimate of drug-likeness (QED) is 0.821. The van der Waals surface area contributed by atoms with Crippen molar-refractivity contribution >= 4 is 12.0 Å². The number of hydrogen-bond acceptors (Lipinski definition) is 3. The summed E-state index contributed by atoms with van der Waals surface area (Å²) in [5.74, 6) is 0.759. The molecule has 0 aromatic carbocycles. The van der Waals surface area contributed by atoms with Crippen LogP contribution in [0.15, 0.2) is 0 Å². The van der Waals surface area contributed by atoms with E-state index >= 15 is 0 Å². The van der Waals surface area contributed by atoms with Crippen molar-refractivity contribution in [1.82, 2.24) is 10.6 Å². The van der Waals surface area contributed by atoms with Crippen LogP contribution in [0.3, 0.4) is 0 Å². The molecule has 5 nitrogen and oxygen atoms in total. The molecule has 3 rings (SSSR count). The Hall–Kier alpha value is -1.26. The lowest BCUT2D eigenvalue weighted by atomic mass is 9.44. The largest absolute Gasteiger partial charge is 0.444 e. The van der Waals surface area contributed by atoms with Gasteiger partial charge in [-0.2, -0.15) is 0 Å². The third kappa shape index (κ3) is 3.01. The van der Waals surface area contributed by atoms with E-state index in [1.807, 2.05) is 20.8 Å². The molecular formula is C16H28N2O3. The molecule has 3 aliphatic carbocycles. The monoisotopic (exact) mass is 296 g/mol. The summed E-state index contributed by atoms with van der Waals surface area (Å²) in [4.78, 5) is 24.3. The molecule has 0 saturated heterocycles. The zero-order valence-electron chi connectivity index (χ0n) is 13.9. The number of amides is 2. The first-order chi connectivity index (χ1) is 9.56. The van der Waals surface area contributed by atoms with Gasteiger partial charge in [-0.25, -0.2) is 4.79 Å². The SMILES string of the molecule is CNC(=O)[C@H]1[C@@H](NC(=O)OC(C)(C)C)C[C@H]2C[C@H]1C2(C)C. The van der Waals surface area contributed by atoms with Crippen LogP contribution < -0.4 is 10.6 Å². The van der Waals surface area contributed by atoms with E-state index in [0.717, 1.165) is 12.8 Å². The van der Waals surface area contributed by atoms with E-state index in [0.29, 0.717) is 11.8 Å². The lowest BCUT2D eigenvalue weighted by molar-refractivity contribution is -0.153. The van der Waals surface area contributed by atoms with Gasteiger partial charge in [0.2, 0.25) is 5.91 Å². The Morgan fingerprint density at radius 3 is 2.29 bits per heavy atom. The van der Waals surface area contributed by atoms with Crippen molar-refractivity contribution in [1.29, 1.82) is 0 Å². The summed E-state index contributed by atoms with van der Waals surface area (Å²) in [6.45, 7) is 9.97. The van der Waals surface area contributed by atoms with Crippen LogP contribution >= 0.6 is 0 Å². The maximum Gasteiger partial charge on any atom is 0.407 e. The molecule has 3 fully saturated rings. The lowest BCUT2D eigenvalue weighted by Gasteiger charge is -2.61. The predicted octanol–water partition coefficient (Wildman–Crippen LogP) is 2.31. The van der Waals surface area contributed by atoms with Gasteiger partial charge in [-0.05, 0) is 50.9 Å². The molecule has 5 heteroatoms. The molecule has 0 aliphatic heterocycles. The first-order valence-corrected chi connectivity index (χ1v) is 7.77. The Morgan fingerprint density at radius 2 is 1.81 bits per heavy atom. The molecule has 2 bridgehead atoms. The van der Waals surface area contributed by atoms with E-state index < -0.39 is 11.7 Å². The molecule has 21 heavy (non-hydrogen) atoms. The maximum atomic E-state index is 12.3. The Kier molecular flexibility index (Phi) is 3.98. The molecule has 0 aromatic rings. The molecule has 2 amide bonds. The van der Waals surface area contributed by atoms with Gasteiger partial charge in [0, 0.05) is 13.1 Å². The van der Waals surface area contributed by atoms with Crippen molar-refractivity contribution < 1.29 is 14.3 Å². The summed E-state index contributed by atoms with van der Waals surface area (Å²) >= 11 is 0. The van der Waals surface area contributed by atoms with Crippen LogP contribution in [0, 0.1) is 23.2 Å². The smallest absolute Gasteiger partial charge is 0.407 e. The Morgan fingerprint density at radius 1 is 1.19 bits per heavy atom. The molecule has 0 spiro atoms. The average molecular weight is 296 g/mol. The van der Waals surface area contributed by atoms with Crippen LogP contribution in [0.5, 0.6) is 0 Å². The number of nitrogens with one attached hydrogen (secondary N) is 2. The van der Waals surface area contributed by atoms with Crippen LogP contribution in [0.4, 0.5) is 4.79 Å². The van der Waals surface area contributed by atoms with Crippen molar-refractivity contribution in [2.75, 3.05) is 7.05 Å². The first kappa shape index (κ1) is 16.1. The molecule has 0 unspecified atom stereocenters. The van der Waals surface area contributed by atoms with Gasteiger partial charge < -0.3 is 15.4 Å². The Bertz CT molecular complexity index is 439. The highest BCUT2D eigenvalue weighted by molar-refractivity contribution is 5.81. The fourth-order valence-electron chi connectivity index (χ4n) is 3.94. The average Bonchev–Trinajstić information content (AvgIpc) is 2.35. The zero-order chi connectivity index (χ0) is 16.0. The second-order valence-electron chi connectivity index (χ2n) is 7.99. The standard InChI is InChI=1S/C16H28N2O3/c1-15(2,3)21-14(20)18-11-8-9-7-10(16(9,4)5)12(11)13(19)17-6/h9-12H,7-8H2,1-6H3,(H,17,19)(H,18,20)/t9-,10-,11+,12-/m1/s1. The molecule has 3 saturated carbocycles. The highest BCUT2D eigenvalue weighted by atomic mass is 16.6. The number of alkyl carbamates (subject to hydrolysis) is 1. The lowest BCUT2D eigenvalue weighted by Crippen LogP contribution is -2.64. The molecule has 120 valence electrons. The van der Waals surface area contributed by atoms with Gasteiger partial charge in [-0.1, -0.05) is 13.8 Å². The fraction of sp³-hybridized carbons (Fsp3) is 0.875. The van der Waals surface area contributed by atoms with Gasteiger partial charge in [0.05, 0.1) is 5.92 Å². The van der Waals surface area contributed by atoms with Crippen LogP contribution in [-0.2, 0) is 9.53 Å². The van der Waals surface area contributed by atoms with Crippen molar-refractivity contribution in [2.45, 2.75) is 59.1 Å². The van der Waals surface area contributed by atoms with Crippen LogP contribution in [0.25, 0.3) is 0 Å². The van der Waals surface area contributed by atoms with E-state index in [4.69, 9.17) is 4.74 Å². The van der Waals surface area contributed by atoms with Gasteiger partial charge in [0.25, 0.3) is 0 Å². The second-order valence-corrected chi connectivity index (χ2v) is 7.99. The van der Waals surface area contributed by atoms with Crippen LogP contribution in [-0.4, -0.2) is 30.7 Å². The summed E-state index contributed by atoms with van der Waals surface area (Å²) in [6, 6.07) is -0.128. The number of hydrogen-bond donors (Lipinski definition) is 2. The molecule has 0 heterocycles. The number of ether oxygens (including phenoxy) is 1. The second kappa shape index (κ2) is 5.18. The van der Waals surface area contributed by atoms with Gasteiger partial charge >= 0.3 is 6.09 Å². The number of fused-ring (bicyclic) bond motifs is 2. The van der Waals surface area contributed by atoms with E-state index in [1.54, 1.807) is 7.05 Å². The highest BCUT2D eigenvalue weighted by Crippen LogP contribution is 2.61. The molecule has 0 aromatic heterocycles. The third-order valence-electron chi connectivity index (χ3n) is 5.20. The van der Waals surface area contributed by atoms with Gasteiger partial charge in [-0.3, -0.25) is 4.79 Å². The zero-order valence-corrected chi connectivity index (χ0v) is 13.9. The van der Waals surface area contributed by atoms with Crippen molar-refractivity contribution in [2.24, 2.45) is 23.2 Å². The van der Waals surface area contributed by atoms with E-state index in [2.05, 4.69) is 24.5 Å². The van der Waals surface area contributed by atoms with Gasteiger partial charge in [0.1, 0.15) is 5.60 Å². The minimum absolute atomic E-state index is 0.0206. The molecule has 2 N–H and O–H groups in total. The molecule has 3 aliphatic rings. The van der Waals surface area contributed by atoms with Crippen molar-refractivity contribution in [3.63, 3.8) is 0 Å².